The molecular formula is C10H18N4O2. The highest BCUT2D eigenvalue weighted by molar-refractivity contribution is 5.25. The van der Waals surface area contributed by atoms with Crippen molar-refractivity contribution < 1.29 is 9.15 Å². The molecule has 2 heterocycles. The Morgan fingerprint density at radius 3 is 2.44 bits per heavy atom. The lowest BCUT2D eigenvalue weighted by molar-refractivity contribution is -0.00677. The highest BCUT2D eigenvalue weighted by Gasteiger charge is 2.26. The summed E-state index contributed by atoms with van der Waals surface area (Å²) >= 11 is 0. The number of hydrogen-bond donors (Lipinski definition) is 1. The third-order valence-electron chi connectivity index (χ3n) is 2.51. The lowest BCUT2D eigenvalue weighted by atomic mass is 10.2. The lowest BCUT2D eigenvalue weighted by Gasteiger charge is -2.33. The molecule has 1 fully saturated rings. The highest BCUT2D eigenvalue weighted by atomic mass is 16.5. The normalized spacial score (nSPS) is 28.1. The Kier molecular flexibility index (Phi) is 3.11. The molecule has 1 aliphatic heterocycles. The van der Waals surface area contributed by atoms with E-state index in [-0.39, 0.29) is 18.2 Å². The summed E-state index contributed by atoms with van der Waals surface area (Å²) in [5.74, 6) is 0.474. The van der Waals surface area contributed by atoms with Crippen LogP contribution >= 0.6 is 0 Å². The number of aromatic nitrogens is 2. The molecule has 0 saturated carbocycles. The van der Waals surface area contributed by atoms with Crippen LogP contribution in [0.2, 0.25) is 0 Å². The van der Waals surface area contributed by atoms with Crippen LogP contribution in [-0.2, 0) is 4.74 Å². The molecule has 1 unspecified atom stereocenters. The molecule has 1 saturated heterocycles. The Morgan fingerprint density at radius 2 is 1.94 bits per heavy atom. The fourth-order valence-corrected chi connectivity index (χ4v) is 1.87. The average Bonchev–Trinajstić information content (AvgIpc) is 2.64. The predicted molar refractivity (Wildman–Crippen MR) is 59.1 cm³/mol. The SMILES string of the molecule is CC(N)c1nnc(N2C[C@@H](C)O[C@@H](C)C2)o1. The lowest BCUT2D eigenvalue weighted by Crippen LogP contribution is -2.45. The molecule has 6 nitrogen and oxygen atoms in total. The molecule has 0 radical (unpaired) electrons. The quantitative estimate of drug-likeness (QED) is 0.800. The summed E-state index contributed by atoms with van der Waals surface area (Å²) in [6.07, 6.45) is 0.351. The maximum Gasteiger partial charge on any atom is 0.318 e. The van der Waals surface area contributed by atoms with E-state index in [0.717, 1.165) is 13.1 Å². The summed E-state index contributed by atoms with van der Waals surface area (Å²) in [5, 5.41) is 7.92. The molecule has 2 rings (SSSR count). The van der Waals surface area contributed by atoms with Gasteiger partial charge in [0.25, 0.3) is 0 Å². The molecule has 0 spiro atoms. The van der Waals surface area contributed by atoms with Crippen molar-refractivity contribution in [3.8, 4) is 0 Å². The molecule has 0 bridgehead atoms. The van der Waals surface area contributed by atoms with Crippen molar-refractivity contribution in [2.75, 3.05) is 18.0 Å². The third-order valence-corrected chi connectivity index (χ3v) is 2.51. The van der Waals surface area contributed by atoms with Crippen LogP contribution in [0, 0.1) is 0 Å². The second-order valence-electron chi connectivity index (χ2n) is 4.37. The van der Waals surface area contributed by atoms with Crippen molar-refractivity contribution >= 4 is 6.01 Å². The minimum Gasteiger partial charge on any atom is -0.406 e. The number of morpholine rings is 1. The molecule has 90 valence electrons. The van der Waals surface area contributed by atoms with E-state index in [0.29, 0.717) is 11.9 Å². The first-order valence-corrected chi connectivity index (χ1v) is 5.55. The first-order chi connectivity index (χ1) is 7.56. The van der Waals surface area contributed by atoms with Crippen LogP contribution in [0.15, 0.2) is 4.42 Å². The van der Waals surface area contributed by atoms with E-state index >= 15 is 0 Å². The van der Waals surface area contributed by atoms with E-state index in [1.807, 2.05) is 25.7 Å². The molecule has 16 heavy (non-hydrogen) atoms. The van der Waals surface area contributed by atoms with E-state index in [1.54, 1.807) is 0 Å². The van der Waals surface area contributed by atoms with Gasteiger partial charge in [-0.25, -0.2) is 0 Å². The van der Waals surface area contributed by atoms with Crippen LogP contribution in [0.5, 0.6) is 0 Å². The number of hydrogen-bond acceptors (Lipinski definition) is 6. The Morgan fingerprint density at radius 1 is 1.31 bits per heavy atom. The van der Waals surface area contributed by atoms with Gasteiger partial charge < -0.3 is 19.8 Å². The Labute approximate surface area is 94.8 Å². The van der Waals surface area contributed by atoms with E-state index in [1.165, 1.54) is 0 Å². The van der Waals surface area contributed by atoms with Crippen molar-refractivity contribution in [2.45, 2.75) is 39.0 Å². The highest BCUT2D eigenvalue weighted by Crippen LogP contribution is 2.20. The van der Waals surface area contributed by atoms with Crippen LogP contribution in [0.4, 0.5) is 6.01 Å². The van der Waals surface area contributed by atoms with Crippen molar-refractivity contribution in [1.82, 2.24) is 10.2 Å². The fourth-order valence-electron chi connectivity index (χ4n) is 1.87. The monoisotopic (exact) mass is 226 g/mol. The summed E-state index contributed by atoms with van der Waals surface area (Å²) in [5.41, 5.74) is 5.67. The zero-order valence-corrected chi connectivity index (χ0v) is 9.88. The van der Waals surface area contributed by atoms with Gasteiger partial charge in [0.2, 0.25) is 5.89 Å². The first-order valence-electron chi connectivity index (χ1n) is 5.55. The zero-order chi connectivity index (χ0) is 11.7. The topological polar surface area (TPSA) is 77.4 Å². The minimum absolute atomic E-state index is 0.175. The van der Waals surface area contributed by atoms with Crippen LogP contribution in [0.1, 0.15) is 32.7 Å². The molecule has 0 aliphatic carbocycles. The molecule has 0 aromatic carbocycles. The van der Waals surface area contributed by atoms with E-state index in [9.17, 15) is 0 Å². The summed E-state index contributed by atoms with van der Waals surface area (Å²) in [6.45, 7) is 7.43. The van der Waals surface area contributed by atoms with Gasteiger partial charge in [0.1, 0.15) is 0 Å². The van der Waals surface area contributed by atoms with Gasteiger partial charge in [0, 0.05) is 13.1 Å². The average molecular weight is 226 g/mol. The number of ether oxygens (including phenoxy) is 1. The second-order valence-corrected chi connectivity index (χ2v) is 4.37. The molecule has 6 heteroatoms. The number of rotatable bonds is 2. The second kappa shape index (κ2) is 4.39. The Balaban J connectivity index is 2.10. The summed E-state index contributed by atoms with van der Waals surface area (Å²) in [4.78, 5) is 2.04. The van der Waals surface area contributed by atoms with Crippen molar-refractivity contribution in [3.05, 3.63) is 5.89 Å². The molecule has 2 N–H and O–H groups in total. The van der Waals surface area contributed by atoms with E-state index in [4.69, 9.17) is 14.9 Å². The van der Waals surface area contributed by atoms with Gasteiger partial charge in [-0.15, -0.1) is 5.10 Å². The Bertz CT molecular complexity index is 342. The molecular weight excluding hydrogens is 208 g/mol. The van der Waals surface area contributed by atoms with Crippen LogP contribution < -0.4 is 10.6 Å². The third kappa shape index (κ3) is 2.33. The van der Waals surface area contributed by atoms with Gasteiger partial charge in [-0.05, 0) is 20.8 Å². The molecule has 1 aromatic heterocycles. The maximum atomic E-state index is 5.67. The van der Waals surface area contributed by atoms with E-state index < -0.39 is 0 Å². The van der Waals surface area contributed by atoms with Crippen LogP contribution in [-0.4, -0.2) is 35.5 Å². The first kappa shape index (κ1) is 11.3. The predicted octanol–water partition coefficient (Wildman–Crippen LogP) is 0.703. The van der Waals surface area contributed by atoms with Gasteiger partial charge >= 0.3 is 6.01 Å². The Hall–Kier alpha value is -1.14. The van der Waals surface area contributed by atoms with E-state index in [2.05, 4.69) is 10.2 Å². The maximum absolute atomic E-state index is 5.67. The molecule has 0 amide bonds. The van der Waals surface area contributed by atoms with Gasteiger partial charge in [-0.3, -0.25) is 0 Å². The molecule has 3 atom stereocenters. The summed E-state index contributed by atoms with van der Waals surface area (Å²) in [7, 11) is 0. The van der Waals surface area contributed by atoms with Gasteiger partial charge in [0.15, 0.2) is 0 Å². The standard InChI is InChI=1S/C10H18N4O2/c1-6-4-14(5-7(2)15-6)10-13-12-9(16-10)8(3)11/h6-8H,4-5,11H2,1-3H3/t6-,7+,8?. The summed E-state index contributed by atoms with van der Waals surface area (Å²) in [6, 6.07) is 0.312. The van der Waals surface area contributed by atoms with Crippen molar-refractivity contribution in [3.63, 3.8) is 0 Å². The van der Waals surface area contributed by atoms with Gasteiger partial charge in [-0.1, -0.05) is 5.10 Å². The van der Waals surface area contributed by atoms with Gasteiger partial charge in [-0.2, -0.15) is 0 Å². The van der Waals surface area contributed by atoms with Crippen molar-refractivity contribution in [1.29, 1.82) is 0 Å². The fraction of sp³-hybridized carbons (Fsp3) is 0.800. The molecule has 1 aliphatic rings. The van der Waals surface area contributed by atoms with Gasteiger partial charge in [0.05, 0.1) is 18.2 Å². The van der Waals surface area contributed by atoms with Crippen LogP contribution in [0.25, 0.3) is 0 Å². The molecule has 1 aromatic rings. The smallest absolute Gasteiger partial charge is 0.318 e. The summed E-state index contributed by atoms with van der Waals surface area (Å²) < 4.78 is 11.1. The number of nitrogens with zero attached hydrogens (tertiary/aromatic N) is 3. The largest absolute Gasteiger partial charge is 0.406 e. The van der Waals surface area contributed by atoms with Crippen LogP contribution in [0.3, 0.4) is 0 Å². The minimum atomic E-state index is -0.225. The van der Waals surface area contributed by atoms with Crippen molar-refractivity contribution in [2.24, 2.45) is 5.73 Å². The zero-order valence-electron chi connectivity index (χ0n) is 9.88. The number of nitrogens with two attached hydrogens (primary N) is 1. The number of anilines is 1.